The standard InChI is InChI=1S/C14H11Cl2N5S/c15-10-5-8(18-14-19-13(17)20-21-14)6-11(16)12(10)7-1-3-9(22)4-2-7/h1-6,22H,(H4,17,18,19,20,21)/p+1. The molecule has 0 saturated heterocycles. The van der Waals surface area contributed by atoms with E-state index in [-0.39, 0.29) is 5.95 Å². The first kappa shape index (κ1) is 15.0. The fraction of sp³-hybridized carbons (Fsp3) is 0. The zero-order valence-corrected chi connectivity index (χ0v) is 13.7. The highest BCUT2D eigenvalue weighted by Crippen LogP contribution is 2.37. The van der Waals surface area contributed by atoms with Crippen LogP contribution in [0.4, 0.5) is 17.6 Å². The number of nitrogens with two attached hydrogens (primary N) is 1. The van der Waals surface area contributed by atoms with Crippen LogP contribution in [0, 0.1) is 0 Å². The first-order chi connectivity index (χ1) is 10.5. The van der Waals surface area contributed by atoms with E-state index in [0.29, 0.717) is 21.7 Å². The zero-order chi connectivity index (χ0) is 15.7. The number of nitrogens with one attached hydrogen (secondary N) is 2. The number of aromatic amines is 1. The first-order valence-corrected chi connectivity index (χ1v) is 7.54. The molecule has 0 unspecified atom stereocenters. The highest BCUT2D eigenvalue weighted by molar-refractivity contribution is 7.58. The molecular weight excluding hydrogens is 341 g/mol. The van der Waals surface area contributed by atoms with E-state index in [4.69, 9.17) is 28.9 Å². The van der Waals surface area contributed by atoms with Crippen LogP contribution in [0.1, 0.15) is 0 Å². The molecule has 0 atom stereocenters. The third kappa shape index (κ3) is 3.14. The van der Waals surface area contributed by atoms with E-state index in [2.05, 4.69) is 33.1 Å². The van der Waals surface area contributed by atoms with Crippen molar-refractivity contribution in [1.29, 1.82) is 0 Å². The summed E-state index contributed by atoms with van der Waals surface area (Å²) in [4.78, 5) is 4.95. The van der Waals surface area contributed by atoms with Gasteiger partial charge in [-0.2, -0.15) is 4.98 Å². The molecular formula is C14H12Cl2N5S+. The SMILES string of the molecule is Nc1nc(Nc2cc(Cl)c(-c3ccc([SH2+])cc3)c(Cl)c2)n[nH]1. The van der Waals surface area contributed by atoms with Crippen molar-refractivity contribution in [2.75, 3.05) is 11.1 Å². The largest absolute Gasteiger partial charge is 0.368 e. The van der Waals surface area contributed by atoms with Gasteiger partial charge in [0.05, 0.1) is 10.0 Å². The lowest BCUT2D eigenvalue weighted by Gasteiger charge is -2.10. The van der Waals surface area contributed by atoms with Crippen molar-refractivity contribution < 1.29 is 0 Å². The number of rotatable bonds is 3. The van der Waals surface area contributed by atoms with E-state index >= 15 is 0 Å². The van der Waals surface area contributed by atoms with Crippen LogP contribution in [0.25, 0.3) is 11.1 Å². The van der Waals surface area contributed by atoms with Crippen molar-refractivity contribution >= 4 is 53.4 Å². The van der Waals surface area contributed by atoms with E-state index < -0.39 is 0 Å². The molecule has 0 aliphatic heterocycles. The summed E-state index contributed by atoms with van der Waals surface area (Å²) >= 11 is 16.2. The molecule has 0 saturated carbocycles. The number of nitrogens with zero attached hydrogens (tertiary/aromatic N) is 2. The maximum Gasteiger partial charge on any atom is 0.248 e. The third-order valence-corrected chi connectivity index (χ3v) is 3.90. The lowest BCUT2D eigenvalue weighted by Crippen LogP contribution is -1.94. The molecule has 3 rings (SSSR count). The zero-order valence-electron chi connectivity index (χ0n) is 11.2. The van der Waals surface area contributed by atoms with E-state index in [9.17, 15) is 0 Å². The number of hydrogen-bond acceptors (Lipinski definition) is 4. The summed E-state index contributed by atoms with van der Waals surface area (Å²) in [5, 5.41) is 10.5. The van der Waals surface area contributed by atoms with Crippen LogP contribution in [0.3, 0.4) is 0 Å². The van der Waals surface area contributed by atoms with Gasteiger partial charge in [0.1, 0.15) is 4.90 Å². The summed E-state index contributed by atoms with van der Waals surface area (Å²) in [5.41, 5.74) is 7.86. The van der Waals surface area contributed by atoms with Crippen LogP contribution in [-0.2, 0) is 12.6 Å². The summed E-state index contributed by atoms with van der Waals surface area (Å²) in [7, 11) is 0. The Morgan fingerprint density at radius 3 is 2.27 bits per heavy atom. The number of hydrogen-bond donors (Lipinski definition) is 3. The average Bonchev–Trinajstić information content (AvgIpc) is 2.85. The van der Waals surface area contributed by atoms with Gasteiger partial charge in [-0.15, -0.1) is 5.10 Å². The molecule has 0 aliphatic carbocycles. The average molecular weight is 353 g/mol. The Balaban J connectivity index is 1.95. The van der Waals surface area contributed by atoms with E-state index in [1.54, 1.807) is 12.1 Å². The van der Waals surface area contributed by atoms with Gasteiger partial charge in [0.25, 0.3) is 0 Å². The van der Waals surface area contributed by atoms with Crippen LogP contribution < -0.4 is 11.1 Å². The van der Waals surface area contributed by atoms with Gasteiger partial charge >= 0.3 is 0 Å². The summed E-state index contributed by atoms with van der Waals surface area (Å²) in [6.07, 6.45) is 0. The first-order valence-electron chi connectivity index (χ1n) is 6.29. The molecule has 22 heavy (non-hydrogen) atoms. The molecule has 0 spiro atoms. The number of benzene rings is 2. The van der Waals surface area contributed by atoms with Gasteiger partial charge in [0.2, 0.25) is 11.9 Å². The molecule has 4 N–H and O–H groups in total. The Labute approximate surface area is 142 Å². The topological polar surface area (TPSA) is 79.6 Å². The lowest BCUT2D eigenvalue weighted by atomic mass is 10.1. The Hall–Kier alpha value is -1.89. The molecule has 0 fully saturated rings. The molecule has 0 aliphatic rings. The van der Waals surface area contributed by atoms with Gasteiger partial charge in [0.15, 0.2) is 0 Å². The maximum atomic E-state index is 6.37. The summed E-state index contributed by atoms with van der Waals surface area (Å²) in [5.74, 6) is 0.576. The molecule has 0 radical (unpaired) electrons. The predicted molar refractivity (Wildman–Crippen MR) is 94.4 cm³/mol. The van der Waals surface area contributed by atoms with E-state index in [1.807, 2.05) is 24.3 Å². The predicted octanol–water partition coefficient (Wildman–Crippen LogP) is 3.47. The quantitative estimate of drug-likeness (QED) is 0.630. The molecule has 5 nitrogen and oxygen atoms in total. The number of halogens is 2. The molecule has 3 aromatic rings. The van der Waals surface area contributed by atoms with Gasteiger partial charge in [-0.1, -0.05) is 23.2 Å². The molecule has 8 heteroatoms. The summed E-state index contributed by atoms with van der Waals surface area (Å²) in [6.45, 7) is 0. The summed E-state index contributed by atoms with van der Waals surface area (Å²) in [6, 6.07) is 11.3. The van der Waals surface area contributed by atoms with Crippen molar-refractivity contribution in [2.24, 2.45) is 0 Å². The Bertz CT molecular complexity index is 793. The van der Waals surface area contributed by atoms with Crippen molar-refractivity contribution in [2.45, 2.75) is 4.90 Å². The second kappa shape index (κ2) is 6.08. The summed E-state index contributed by atoms with van der Waals surface area (Å²) < 4.78 is 0. The minimum Gasteiger partial charge on any atom is -0.368 e. The van der Waals surface area contributed by atoms with Crippen LogP contribution in [0.5, 0.6) is 0 Å². The molecule has 2 aromatic carbocycles. The second-order valence-corrected chi connectivity index (χ2v) is 5.95. The molecule has 1 heterocycles. The molecule has 0 bridgehead atoms. The number of H-pyrrole nitrogens is 1. The van der Waals surface area contributed by atoms with Crippen molar-refractivity contribution in [3.63, 3.8) is 0 Å². The van der Waals surface area contributed by atoms with Crippen molar-refractivity contribution in [3.8, 4) is 11.1 Å². The normalized spacial score (nSPS) is 10.7. The Morgan fingerprint density at radius 1 is 1.09 bits per heavy atom. The smallest absolute Gasteiger partial charge is 0.248 e. The van der Waals surface area contributed by atoms with E-state index in [1.165, 1.54) is 0 Å². The molecule has 0 amide bonds. The van der Waals surface area contributed by atoms with E-state index in [0.717, 1.165) is 16.0 Å². The lowest BCUT2D eigenvalue weighted by molar-refractivity contribution is 1.10. The number of aromatic nitrogens is 3. The highest BCUT2D eigenvalue weighted by atomic mass is 35.5. The minimum absolute atomic E-state index is 0.228. The van der Waals surface area contributed by atoms with Crippen molar-refractivity contribution in [3.05, 3.63) is 46.4 Å². The van der Waals surface area contributed by atoms with Crippen LogP contribution in [0.2, 0.25) is 10.0 Å². The fourth-order valence-electron chi connectivity index (χ4n) is 2.02. The fourth-order valence-corrected chi connectivity index (χ4v) is 2.89. The third-order valence-electron chi connectivity index (χ3n) is 2.97. The number of anilines is 3. The monoisotopic (exact) mass is 352 g/mol. The minimum atomic E-state index is 0.228. The maximum absolute atomic E-state index is 6.37. The van der Waals surface area contributed by atoms with Gasteiger partial charge in [-0.3, -0.25) is 0 Å². The van der Waals surface area contributed by atoms with Crippen molar-refractivity contribution in [1.82, 2.24) is 15.2 Å². The second-order valence-electron chi connectivity index (χ2n) is 4.56. The van der Waals surface area contributed by atoms with Gasteiger partial charge in [-0.25, -0.2) is 5.10 Å². The van der Waals surface area contributed by atoms with Crippen LogP contribution in [-0.4, -0.2) is 15.2 Å². The number of nitrogen functional groups attached to an aromatic ring is 1. The Kier molecular flexibility index (Phi) is 4.15. The van der Waals surface area contributed by atoms with Crippen LogP contribution >= 0.6 is 23.2 Å². The van der Waals surface area contributed by atoms with Gasteiger partial charge in [0, 0.05) is 11.3 Å². The molecule has 112 valence electrons. The molecule has 1 aromatic heterocycles. The van der Waals surface area contributed by atoms with Gasteiger partial charge in [-0.05, 0) is 54.6 Å². The Morgan fingerprint density at radius 2 is 1.73 bits per heavy atom. The van der Waals surface area contributed by atoms with Crippen LogP contribution in [0.15, 0.2) is 41.3 Å². The van der Waals surface area contributed by atoms with Gasteiger partial charge < -0.3 is 11.1 Å². The highest BCUT2D eigenvalue weighted by Gasteiger charge is 2.12.